The van der Waals surface area contributed by atoms with Gasteiger partial charge in [0.1, 0.15) is 6.54 Å². The number of carbonyl (C=O) groups excluding carboxylic acids is 2. The van der Waals surface area contributed by atoms with Gasteiger partial charge >= 0.3 is 0 Å². The van der Waals surface area contributed by atoms with Crippen LogP contribution in [0.4, 0.5) is 5.69 Å². The van der Waals surface area contributed by atoms with E-state index in [1.165, 1.54) is 4.90 Å². The van der Waals surface area contributed by atoms with Gasteiger partial charge in [0, 0.05) is 12.2 Å². The number of carbonyl (C=O) groups is 2. The van der Waals surface area contributed by atoms with E-state index in [-0.39, 0.29) is 37.4 Å². The number of nitrogens with zero attached hydrogens (tertiary/aromatic N) is 1. The number of para-hydroxylation sites is 1. The second-order valence-electron chi connectivity index (χ2n) is 5.40. The summed E-state index contributed by atoms with van der Waals surface area (Å²) < 4.78 is 0. The van der Waals surface area contributed by atoms with Crippen LogP contribution in [0.1, 0.15) is 17.0 Å². The predicted octanol–water partition coefficient (Wildman–Crippen LogP) is 1.27. The lowest BCUT2D eigenvalue weighted by atomic mass is 9.93. The molecular formula is C18H18N2O3. The predicted molar refractivity (Wildman–Crippen MR) is 87.2 cm³/mol. The van der Waals surface area contributed by atoms with E-state index in [0.29, 0.717) is 0 Å². The molecule has 1 unspecified atom stereocenters. The van der Waals surface area contributed by atoms with Crippen molar-refractivity contribution >= 4 is 17.5 Å². The molecule has 118 valence electrons. The maximum atomic E-state index is 12.9. The van der Waals surface area contributed by atoms with E-state index in [0.717, 1.165) is 16.8 Å². The largest absolute Gasteiger partial charge is 0.395 e. The molecule has 2 aromatic rings. The molecular weight excluding hydrogens is 292 g/mol. The molecule has 1 atom stereocenters. The van der Waals surface area contributed by atoms with Crippen molar-refractivity contribution in [1.82, 2.24) is 5.32 Å². The molecule has 0 aliphatic carbocycles. The van der Waals surface area contributed by atoms with Gasteiger partial charge < -0.3 is 15.3 Å². The lowest BCUT2D eigenvalue weighted by Crippen LogP contribution is -2.40. The van der Waals surface area contributed by atoms with Crippen molar-refractivity contribution in [3.05, 3.63) is 65.7 Å². The van der Waals surface area contributed by atoms with Crippen molar-refractivity contribution in [2.75, 3.05) is 24.6 Å². The summed E-state index contributed by atoms with van der Waals surface area (Å²) in [5.74, 6) is -0.759. The Kier molecular flexibility index (Phi) is 4.39. The molecule has 0 bridgehead atoms. The van der Waals surface area contributed by atoms with Crippen LogP contribution in [-0.4, -0.2) is 36.6 Å². The Morgan fingerprint density at radius 1 is 1.09 bits per heavy atom. The minimum absolute atomic E-state index is 0.0425. The molecule has 0 aromatic heterocycles. The number of aliphatic hydroxyl groups excluding tert-OH is 1. The van der Waals surface area contributed by atoms with Gasteiger partial charge in [-0.05, 0) is 17.2 Å². The summed E-state index contributed by atoms with van der Waals surface area (Å²) in [6.07, 6.45) is 0. The first kappa shape index (κ1) is 15.2. The lowest BCUT2D eigenvalue weighted by molar-refractivity contribution is -0.123. The number of aliphatic hydroxyl groups is 1. The molecule has 0 spiro atoms. The van der Waals surface area contributed by atoms with Crippen LogP contribution >= 0.6 is 0 Å². The van der Waals surface area contributed by atoms with Crippen LogP contribution in [0.3, 0.4) is 0 Å². The lowest BCUT2D eigenvalue weighted by Gasteiger charge is -2.17. The summed E-state index contributed by atoms with van der Waals surface area (Å²) >= 11 is 0. The van der Waals surface area contributed by atoms with Gasteiger partial charge in [0.15, 0.2) is 0 Å². The molecule has 0 saturated carbocycles. The number of rotatable bonds is 5. The van der Waals surface area contributed by atoms with Crippen LogP contribution in [-0.2, 0) is 9.59 Å². The van der Waals surface area contributed by atoms with Crippen LogP contribution in [0.15, 0.2) is 54.6 Å². The summed E-state index contributed by atoms with van der Waals surface area (Å²) in [6.45, 7) is 0.0206. The Morgan fingerprint density at radius 3 is 2.52 bits per heavy atom. The molecule has 0 fully saturated rings. The van der Waals surface area contributed by atoms with E-state index in [4.69, 9.17) is 5.11 Å². The minimum atomic E-state index is -0.377. The summed E-state index contributed by atoms with van der Waals surface area (Å²) in [4.78, 5) is 26.3. The molecule has 1 aliphatic heterocycles. The zero-order valence-electron chi connectivity index (χ0n) is 12.6. The van der Waals surface area contributed by atoms with Crippen LogP contribution in [0.5, 0.6) is 0 Å². The van der Waals surface area contributed by atoms with E-state index in [9.17, 15) is 9.59 Å². The Morgan fingerprint density at radius 2 is 1.78 bits per heavy atom. The zero-order valence-corrected chi connectivity index (χ0v) is 12.6. The number of nitrogens with one attached hydrogen (secondary N) is 1. The minimum Gasteiger partial charge on any atom is -0.395 e. The van der Waals surface area contributed by atoms with Crippen molar-refractivity contribution < 1.29 is 14.7 Å². The van der Waals surface area contributed by atoms with Gasteiger partial charge in [-0.1, -0.05) is 48.5 Å². The molecule has 5 heteroatoms. The van der Waals surface area contributed by atoms with Crippen molar-refractivity contribution in [2.45, 2.75) is 5.92 Å². The molecule has 5 nitrogen and oxygen atoms in total. The number of hydrogen-bond donors (Lipinski definition) is 2. The van der Waals surface area contributed by atoms with E-state index >= 15 is 0 Å². The van der Waals surface area contributed by atoms with Crippen LogP contribution < -0.4 is 10.2 Å². The Hall–Kier alpha value is -2.66. The van der Waals surface area contributed by atoms with E-state index < -0.39 is 0 Å². The highest BCUT2D eigenvalue weighted by Crippen LogP contribution is 2.40. The fourth-order valence-corrected chi connectivity index (χ4v) is 2.91. The number of fused-ring (bicyclic) bond motifs is 1. The molecule has 0 saturated heterocycles. The van der Waals surface area contributed by atoms with E-state index in [1.807, 2.05) is 54.6 Å². The number of benzene rings is 2. The van der Waals surface area contributed by atoms with Gasteiger partial charge in [0.05, 0.1) is 12.5 Å². The SMILES string of the molecule is O=C(CN1C(=O)C(c2ccccc2)c2ccccc21)NCCO. The highest BCUT2D eigenvalue weighted by Gasteiger charge is 2.38. The topological polar surface area (TPSA) is 69.6 Å². The third kappa shape index (κ3) is 2.96. The van der Waals surface area contributed by atoms with Gasteiger partial charge in [0.2, 0.25) is 11.8 Å². The Labute approximate surface area is 134 Å². The number of anilines is 1. The van der Waals surface area contributed by atoms with Crippen molar-refractivity contribution in [2.24, 2.45) is 0 Å². The monoisotopic (exact) mass is 310 g/mol. The molecule has 2 amide bonds. The third-order valence-corrected chi connectivity index (χ3v) is 3.92. The van der Waals surface area contributed by atoms with Crippen molar-refractivity contribution in [1.29, 1.82) is 0 Å². The smallest absolute Gasteiger partial charge is 0.240 e. The van der Waals surface area contributed by atoms with Crippen LogP contribution in [0.2, 0.25) is 0 Å². The van der Waals surface area contributed by atoms with Gasteiger partial charge in [-0.15, -0.1) is 0 Å². The average Bonchev–Trinajstić information content (AvgIpc) is 2.86. The fourth-order valence-electron chi connectivity index (χ4n) is 2.91. The second kappa shape index (κ2) is 6.62. The highest BCUT2D eigenvalue weighted by atomic mass is 16.3. The third-order valence-electron chi connectivity index (χ3n) is 3.92. The van der Waals surface area contributed by atoms with E-state index in [1.54, 1.807) is 0 Å². The second-order valence-corrected chi connectivity index (χ2v) is 5.40. The normalized spacial score (nSPS) is 16.3. The molecule has 2 N–H and O–H groups in total. The Balaban J connectivity index is 1.91. The first-order valence-electron chi connectivity index (χ1n) is 7.55. The molecule has 1 heterocycles. The maximum absolute atomic E-state index is 12.9. The van der Waals surface area contributed by atoms with Gasteiger partial charge in [0.25, 0.3) is 0 Å². The first-order valence-corrected chi connectivity index (χ1v) is 7.55. The van der Waals surface area contributed by atoms with Gasteiger partial charge in [-0.3, -0.25) is 9.59 Å². The molecule has 2 aromatic carbocycles. The van der Waals surface area contributed by atoms with E-state index in [2.05, 4.69) is 5.32 Å². The maximum Gasteiger partial charge on any atom is 0.240 e. The van der Waals surface area contributed by atoms with Crippen LogP contribution in [0, 0.1) is 0 Å². The highest BCUT2D eigenvalue weighted by molar-refractivity contribution is 6.09. The molecule has 1 aliphatic rings. The summed E-state index contributed by atoms with van der Waals surface area (Å²) in [5, 5.41) is 11.4. The van der Waals surface area contributed by atoms with Gasteiger partial charge in [-0.25, -0.2) is 0 Å². The Bertz CT molecular complexity index is 715. The standard InChI is InChI=1S/C18H18N2O3/c21-11-10-19-16(22)12-20-15-9-5-4-8-14(15)17(18(20)23)13-6-2-1-3-7-13/h1-9,17,21H,10-12H2,(H,19,22). The zero-order chi connectivity index (χ0) is 16.2. The summed E-state index contributed by atoms with van der Waals surface area (Å²) in [5.41, 5.74) is 2.60. The average molecular weight is 310 g/mol. The molecule has 3 rings (SSSR count). The quantitative estimate of drug-likeness (QED) is 0.874. The first-order chi connectivity index (χ1) is 11.2. The number of hydrogen-bond acceptors (Lipinski definition) is 3. The molecule has 0 radical (unpaired) electrons. The van der Waals surface area contributed by atoms with Gasteiger partial charge in [-0.2, -0.15) is 0 Å². The summed E-state index contributed by atoms with van der Waals surface area (Å²) in [6, 6.07) is 17.1. The van der Waals surface area contributed by atoms with Crippen molar-refractivity contribution in [3.8, 4) is 0 Å². The molecule has 23 heavy (non-hydrogen) atoms. The van der Waals surface area contributed by atoms with Crippen LogP contribution in [0.25, 0.3) is 0 Å². The summed E-state index contributed by atoms with van der Waals surface area (Å²) in [7, 11) is 0. The van der Waals surface area contributed by atoms with Crippen molar-refractivity contribution in [3.63, 3.8) is 0 Å². The number of amides is 2. The fraction of sp³-hybridized carbons (Fsp3) is 0.222.